The fourth-order valence-electron chi connectivity index (χ4n) is 2.24. The van der Waals surface area contributed by atoms with E-state index in [4.69, 9.17) is 4.74 Å². The van der Waals surface area contributed by atoms with E-state index in [-0.39, 0.29) is 24.2 Å². The lowest BCUT2D eigenvalue weighted by Crippen LogP contribution is -2.45. The molecule has 2 rings (SSSR count). The van der Waals surface area contributed by atoms with Crippen molar-refractivity contribution in [1.29, 1.82) is 0 Å². The highest BCUT2D eigenvalue weighted by molar-refractivity contribution is 5.84. The van der Waals surface area contributed by atoms with Crippen molar-refractivity contribution in [2.75, 3.05) is 7.11 Å². The third-order valence-electron chi connectivity index (χ3n) is 3.49. The minimum Gasteiger partial charge on any atom is -0.497 e. The molecule has 1 aliphatic carbocycles. The molecule has 0 aromatic heterocycles. The molecule has 0 heterocycles. The minimum atomic E-state index is -0.236. The van der Waals surface area contributed by atoms with Crippen LogP contribution < -0.4 is 15.6 Å². The maximum Gasteiger partial charge on any atom is 0.242 e. The zero-order chi connectivity index (χ0) is 15.1. The number of methoxy groups -OCH3 is 1. The number of ether oxygens (including phenoxy) is 1. The Balaban J connectivity index is 1.76. The molecule has 0 saturated carbocycles. The maximum atomic E-state index is 11.9. The van der Waals surface area contributed by atoms with Gasteiger partial charge in [-0.3, -0.25) is 20.4 Å². The number of hydrogen-bond donors (Lipinski definition) is 2. The Labute approximate surface area is 124 Å². The summed E-state index contributed by atoms with van der Waals surface area (Å²) in [6, 6.07) is 7.25. The van der Waals surface area contributed by atoms with Gasteiger partial charge in [-0.25, -0.2) is 0 Å². The second kappa shape index (κ2) is 7.47. The first-order chi connectivity index (χ1) is 10.2. The van der Waals surface area contributed by atoms with Crippen molar-refractivity contribution < 1.29 is 14.3 Å². The minimum absolute atomic E-state index is 0.0451. The van der Waals surface area contributed by atoms with Gasteiger partial charge in [0.15, 0.2) is 0 Å². The van der Waals surface area contributed by atoms with Crippen LogP contribution >= 0.6 is 0 Å². The average molecular weight is 288 g/mol. The van der Waals surface area contributed by atoms with Gasteiger partial charge >= 0.3 is 0 Å². The van der Waals surface area contributed by atoms with Gasteiger partial charge in [0.1, 0.15) is 5.75 Å². The fraction of sp³-hybridized carbons (Fsp3) is 0.375. The molecule has 0 spiro atoms. The van der Waals surface area contributed by atoms with Crippen molar-refractivity contribution >= 4 is 11.8 Å². The van der Waals surface area contributed by atoms with Crippen LogP contribution in [0.3, 0.4) is 0 Å². The predicted octanol–water partition coefficient (Wildman–Crippen LogP) is 1.74. The number of carbonyl (C=O) groups is 2. The van der Waals surface area contributed by atoms with Crippen LogP contribution in [0.25, 0.3) is 0 Å². The average Bonchev–Trinajstić information content (AvgIpc) is 2.54. The van der Waals surface area contributed by atoms with Gasteiger partial charge in [-0.15, -0.1) is 0 Å². The van der Waals surface area contributed by atoms with Crippen molar-refractivity contribution in [3.8, 4) is 5.75 Å². The number of rotatable bonds is 4. The van der Waals surface area contributed by atoms with Crippen LogP contribution in [0, 0.1) is 5.92 Å². The molecule has 2 amide bonds. The van der Waals surface area contributed by atoms with Crippen LogP contribution in [-0.2, 0) is 16.0 Å². The molecule has 0 radical (unpaired) electrons. The summed E-state index contributed by atoms with van der Waals surface area (Å²) < 4.78 is 5.06. The topological polar surface area (TPSA) is 67.4 Å². The van der Waals surface area contributed by atoms with Crippen molar-refractivity contribution in [3.63, 3.8) is 0 Å². The van der Waals surface area contributed by atoms with Gasteiger partial charge in [-0.2, -0.15) is 0 Å². The van der Waals surface area contributed by atoms with Gasteiger partial charge in [0, 0.05) is 5.92 Å². The summed E-state index contributed by atoms with van der Waals surface area (Å²) in [4.78, 5) is 23.6. The molecule has 0 saturated heterocycles. The normalized spacial score (nSPS) is 17.1. The Morgan fingerprint density at radius 1 is 1.19 bits per heavy atom. The van der Waals surface area contributed by atoms with Crippen LogP contribution in [0.5, 0.6) is 5.75 Å². The number of hydrogen-bond acceptors (Lipinski definition) is 3. The third-order valence-corrected chi connectivity index (χ3v) is 3.49. The standard InChI is InChI=1S/C16H20N2O3/c1-21-14-9-7-12(8-10-14)11-15(19)17-18-16(20)13-5-3-2-4-6-13/h2-3,7-10,13H,4-6,11H2,1H3,(H,17,19)(H,18,20). The van der Waals surface area contributed by atoms with Gasteiger partial charge in [-0.05, 0) is 37.0 Å². The lowest BCUT2D eigenvalue weighted by molar-refractivity contribution is -0.131. The number of hydrazine groups is 1. The summed E-state index contributed by atoms with van der Waals surface area (Å²) in [5.74, 6) is 0.344. The number of amides is 2. The van der Waals surface area contributed by atoms with Crippen LogP contribution in [0.2, 0.25) is 0 Å². The Morgan fingerprint density at radius 3 is 2.57 bits per heavy atom. The van der Waals surface area contributed by atoms with E-state index in [0.717, 1.165) is 30.6 Å². The molecule has 5 nitrogen and oxygen atoms in total. The van der Waals surface area contributed by atoms with E-state index in [0.29, 0.717) is 0 Å². The van der Waals surface area contributed by atoms with E-state index < -0.39 is 0 Å². The Bertz CT molecular complexity index is 523. The molecular weight excluding hydrogens is 268 g/mol. The largest absolute Gasteiger partial charge is 0.497 e. The maximum absolute atomic E-state index is 11.9. The molecular formula is C16H20N2O3. The molecule has 0 fully saturated rings. The summed E-state index contributed by atoms with van der Waals surface area (Å²) in [6.07, 6.45) is 6.78. The SMILES string of the molecule is COc1ccc(CC(=O)NNC(=O)C2CC=CCC2)cc1. The highest BCUT2D eigenvalue weighted by Gasteiger charge is 2.18. The van der Waals surface area contributed by atoms with Crippen molar-refractivity contribution in [2.24, 2.45) is 5.92 Å². The van der Waals surface area contributed by atoms with Crippen LogP contribution in [0.4, 0.5) is 0 Å². The summed E-state index contributed by atoms with van der Waals surface area (Å²) in [6.45, 7) is 0. The molecule has 1 unspecified atom stereocenters. The van der Waals surface area contributed by atoms with E-state index in [2.05, 4.69) is 16.9 Å². The van der Waals surface area contributed by atoms with Gasteiger partial charge in [-0.1, -0.05) is 24.3 Å². The third kappa shape index (κ3) is 4.63. The van der Waals surface area contributed by atoms with Gasteiger partial charge in [0.2, 0.25) is 11.8 Å². The van der Waals surface area contributed by atoms with Crippen LogP contribution in [-0.4, -0.2) is 18.9 Å². The number of benzene rings is 1. The smallest absolute Gasteiger partial charge is 0.242 e. The predicted molar refractivity (Wildman–Crippen MR) is 79.5 cm³/mol. The van der Waals surface area contributed by atoms with Crippen molar-refractivity contribution in [3.05, 3.63) is 42.0 Å². The van der Waals surface area contributed by atoms with E-state index in [1.807, 2.05) is 18.2 Å². The fourth-order valence-corrected chi connectivity index (χ4v) is 2.24. The van der Waals surface area contributed by atoms with Crippen LogP contribution in [0.1, 0.15) is 24.8 Å². The van der Waals surface area contributed by atoms with E-state index in [1.54, 1.807) is 19.2 Å². The van der Waals surface area contributed by atoms with E-state index in [1.165, 1.54) is 0 Å². The van der Waals surface area contributed by atoms with E-state index >= 15 is 0 Å². The Morgan fingerprint density at radius 2 is 1.95 bits per heavy atom. The van der Waals surface area contributed by atoms with Gasteiger partial charge in [0.25, 0.3) is 0 Å². The number of nitrogens with one attached hydrogen (secondary N) is 2. The van der Waals surface area contributed by atoms with Crippen molar-refractivity contribution in [2.45, 2.75) is 25.7 Å². The highest BCUT2D eigenvalue weighted by atomic mass is 16.5. The van der Waals surface area contributed by atoms with E-state index in [9.17, 15) is 9.59 Å². The summed E-state index contributed by atoms with van der Waals surface area (Å²) >= 11 is 0. The molecule has 21 heavy (non-hydrogen) atoms. The quantitative estimate of drug-likeness (QED) is 0.655. The number of carbonyl (C=O) groups excluding carboxylic acids is 2. The molecule has 5 heteroatoms. The lowest BCUT2D eigenvalue weighted by Gasteiger charge is -2.17. The first-order valence-electron chi connectivity index (χ1n) is 7.05. The molecule has 112 valence electrons. The lowest BCUT2D eigenvalue weighted by atomic mass is 9.94. The van der Waals surface area contributed by atoms with Crippen LogP contribution in [0.15, 0.2) is 36.4 Å². The van der Waals surface area contributed by atoms with Gasteiger partial charge < -0.3 is 4.74 Å². The Hall–Kier alpha value is -2.30. The first-order valence-corrected chi connectivity index (χ1v) is 7.05. The first kappa shape index (κ1) is 15.1. The molecule has 1 aromatic rings. The summed E-state index contributed by atoms with van der Waals surface area (Å²) in [5.41, 5.74) is 5.82. The van der Waals surface area contributed by atoms with Gasteiger partial charge in [0.05, 0.1) is 13.5 Å². The Kier molecular flexibility index (Phi) is 5.37. The molecule has 1 aliphatic rings. The monoisotopic (exact) mass is 288 g/mol. The summed E-state index contributed by atoms with van der Waals surface area (Å²) in [5, 5.41) is 0. The molecule has 1 aromatic carbocycles. The molecule has 1 atom stereocenters. The number of allylic oxidation sites excluding steroid dienone is 2. The zero-order valence-electron chi connectivity index (χ0n) is 12.1. The zero-order valence-corrected chi connectivity index (χ0v) is 12.1. The highest BCUT2D eigenvalue weighted by Crippen LogP contribution is 2.17. The second-order valence-electron chi connectivity index (χ2n) is 5.04. The molecule has 0 aliphatic heterocycles. The molecule has 0 bridgehead atoms. The second-order valence-corrected chi connectivity index (χ2v) is 5.04. The van der Waals surface area contributed by atoms with Crippen molar-refractivity contribution in [1.82, 2.24) is 10.9 Å². The molecule has 2 N–H and O–H groups in total. The summed E-state index contributed by atoms with van der Waals surface area (Å²) in [7, 11) is 1.59.